The van der Waals surface area contributed by atoms with E-state index in [2.05, 4.69) is 0 Å². The molecule has 0 saturated carbocycles. The Kier molecular flexibility index (Phi) is 5.20. The van der Waals surface area contributed by atoms with Crippen LogP contribution in [0.4, 0.5) is 4.39 Å². The molecule has 0 unspecified atom stereocenters. The molecule has 120 valence electrons. The minimum atomic E-state index is -0.718. The van der Waals surface area contributed by atoms with Crippen LogP contribution in [0.3, 0.4) is 0 Å². The van der Waals surface area contributed by atoms with Crippen molar-refractivity contribution in [1.82, 2.24) is 4.90 Å². The molecule has 0 radical (unpaired) electrons. The fraction of sp³-hybridized carbons (Fsp3) is 0.429. The third-order valence-corrected chi connectivity index (χ3v) is 3.79. The molecule has 1 aromatic rings. The maximum Gasteiger partial charge on any atom is 0.261 e. The average Bonchev–Trinajstić information content (AvgIpc) is 2.90. The highest BCUT2D eigenvalue weighted by atomic mass is 35.5. The number of carbonyl (C=O) groups is 2. The van der Waals surface area contributed by atoms with Crippen molar-refractivity contribution in [2.75, 3.05) is 20.3 Å². The molecule has 1 fully saturated rings. The van der Waals surface area contributed by atoms with Crippen LogP contribution in [0, 0.1) is 5.82 Å². The number of nitrogens with two attached hydrogens (primary N) is 1. The molecule has 0 spiro atoms. The van der Waals surface area contributed by atoms with Gasteiger partial charge in [0.25, 0.3) is 5.91 Å². The zero-order chi connectivity index (χ0) is 16.3. The van der Waals surface area contributed by atoms with Gasteiger partial charge in [-0.2, -0.15) is 0 Å². The highest BCUT2D eigenvalue weighted by Crippen LogP contribution is 2.25. The summed E-state index contributed by atoms with van der Waals surface area (Å²) in [5, 5.41) is 0.0652. The standard InChI is InChI=1S/C14H16ClFN2O4/c1-21-9-5-11(14(17)20)18(6-9)13(19)7-22-12-3-2-8(16)4-10(12)15/h2-4,9,11H,5-7H2,1H3,(H2,17,20)/t9-,11-/m0/s1. The highest BCUT2D eigenvalue weighted by molar-refractivity contribution is 6.32. The first-order valence-electron chi connectivity index (χ1n) is 6.61. The molecule has 1 heterocycles. The van der Waals surface area contributed by atoms with Crippen LogP contribution < -0.4 is 10.5 Å². The van der Waals surface area contributed by atoms with Gasteiger partial charge in [-0.05, 0) is 18.2 Å². The molecule has 1 aromatic carbocycles. The fourth-order valence-corrected chi connectivity index (χ4v) is 2.55. The summed E-state index contributed by atoms with van der Waals surface area (Å²) >= 11 is 5.81. The smallest absolute Gasteiger partial charge is 0.261 e. The van der Waals surface area contributed by atoms with E-state index in [1.165, 1.54) is 24.1 Å². The van der Waals surface area contributed by atoms with E-state index in [9.17, 15) is 14.0 Å². The Morgan fingerprint density at radius 2 is 2.23 bits per heavy atom. The lowest BCUT2D eigenvalue weighted by Gasteiger charge is -2.22. The van der Waals surface area contributed by atoms with Gasteiger partial charge in [-0.25, -0.2) is 4.39 Å². The Balaban J connectivity index is 2.00. The maximum absolute atomic E-state index is 12.9. The fourth-order valence-electron chi connectivity index (χ4n) is 2.33. The number of carbonyl (C=O) groups excluding carboxylic acids is 2. The minimum absolute atomic E-state index is 0.0652. The normalized spacial score (nSPS) is 21.0. The van der Waals surface area contributed by atoms with Crippen LogP contribution in [-0.4, -0.2) is 49.1 Å². The van der Waals surface area contributed by atoms with Crippen molar-refractivity contribution in [3.8, 4) is 5.75 Å². The summed E-state index contributed by atoms with van der Waals surface area (Å²) in [5.74, 6) is -1.31. The second kappa shape index (κ2) is 6.93. The summed E-state index contributed by atoms with van der Waals surface area (Å²) in [4.78, 5) is 24.9. The van der Waals surface area contributed by atoms with Crippen molar-refractivity contribution >= 4 is 23.4 Å². The summed E-state index contributed by atoms with van der Waals surface area (Å²) in [6.45, 7) is -0.0605. The van der Waals surface area contributed by atoms with E-state index in [1.807, 2.05) is 0 Å². The lowest BCUT2D eigenvalue weighted by atomic mass is 10.2. The van der Waals surface area contributed by atoms with Crippen molar-refractivity contribution in [3.63, 3.8) is 0 Å². The quantitative estimate of drug-likeness (QED) is 0.871. The average molecular weight is 331 g/mol. The number of primary amides is 1. The Morgan fingerprint density at radius 3 is 2.82 bits per heavy atom. The number of hydrogen-bond acceptors (Lipinski definition) is 4. The molecule has 0 aliphatic carbocycles. The van der Waals surface area contributed by atoms with Gasteiger partial charge in [-0.15, -0.1) is 0 Å². The molecule has 22 heavy (non-hydrogen) atoms. The highest BCUT2D eigenvalue weighted by Gasteiger charge is 2.38. The largest absolute Gasteiger partial charge is 0.482 e. The third kappa shape index (κ3) is 3.66. The molecule has 2 N–H and O–H groups in total. The molecule has 2 amide bonds. The summed E-state index contributed by atoms with van der Waals surface area (Å²) in [5.41, 5.74) is 5.30. The van der Waals surface area contributed by atoms with Gasteiger partial charge in [-0.3, -0.25) is 9.59 Å². The Hall–Kier alpha value is -1.86. The van der Waals surface area contributed by atoms with Gasteiger partial charge in [-0.1, -0.05) is 11.6 Å². The predicted molar refractivity (Wildman–Crippen MR) is 77.0 cm³/mol. The molecule has 2 atom stereocenters. The summed E-state index contributed by atoms with van der Waals surface area (Å²) in [6.07, 6.45) is 0.116. The van der Waals surface area contributed by atoms with Crippen LogP contribution in [-0.2, 0) is 14.3 Å². The van der Waals surface area contributed by atoms with E-state index in [0.29, 0.717) is 6.42 Å². The first-order chi connectivity index (χ1) is 10.4. The van der Waals surface area contributed by atoms with E-state index in [-0.39, 0.29) is 30.0 Å². The number of methoxy groups -OCH3 is 1. The number of likely N-dealkylation sites (tertiary alicyclic amines) is 1. The number of rotatable bonds is 5. The zero-order valence-corrected chi connectivity index (χ0v) is 12.7. The number of ether oxygens (including phenoxy) is 2. The van der Waals surface area contributed by atoms with Gasteiger partial charge < -0.3 is 20.1 Å². The molecular weight excluding hydrogens is 315 g/mol. The monoisotopic (exact) mass is 330 g/mol. The molecule has 1 aliphatic rings. The van der Waals surface area contributed by atoms with Crippen molar-refractivity contribution in [2.45, 2.75) is 18.6 Å². The summed E-state index contributed by atoms with van der Waals surface area (Å²) in [6, 6.07) is 2.88. The van der Waals surface area contributed by atoms with Gasteiger partial charge in [0.15, 0.2) is 6.61 Å². The van der Waals surface area contributed by atoms with E-state index in [1.54, 1.807) is 0 Å². The molecule has 6 nitrogen and oxygen atoms in total. The number of hydrogen-bond donors (Lipinski definition) is 1. The van der Waals surface area contributed by atoms with Crippen LogP contribution in [0.15, 0.2) is 18.2 Å². The molecule has 8 heteroatoms. The maximum atomic E-state index is 12.9. The van der Waals surface area contributed by atoms with Gasteiger partial charge >= 0.3 is 0 Å². The van der Waals surface area contributed by atoms with E-state index >= 15 is 0 Å². The number of amides is 2. The summed E-state index contributed by atoms with van der Waals surface area (Å²) in [7, 11) is 1.51. The first kappa shape index (κ1) is 16.5. The molecule has 1 aliphatic heterocycles. The van der Waals surface area contributed by atoms with Crippen LogP contribution >= 0.6 is 11.6 Å². The van der Waals surface area contributed by atoms with Crippen molar-refractivity contribution in [2.24, 2.45) is 5.73 Å². The Bertz CT molecular complexity index is 584. The van der Waals surface area contributed by atoms with Gasteiger partial charge in [0, 0.05) is 20.1 Å². The lowest BCUT2D eigenvalue weighted by Crippen LogP contribution is -2.45. The SMILES string of the molecule is CO[C@H]1C[C@@H](C(N)=O)N(C(=O)COc2ccc(F)cc2Cl)C1. The Labute approximate surface area is 131 Å². The van der Waals surface area contributed by atoms with Crippen LogP contribution in [0.2, 0.25) is 5.02 Å². The predicted octanol–water partition coefficient (Wildman–Crippen LogP) is 0.959. The number of benzene rings is 1. The minimum Gasteiger partial charge on any atom is -0.482 e. The topological polar surface area (TPSA) is 81.9 Å². The van der Waals surface area contributed by atoms with Crippen LogP contribution in [0.1, 0.15) is 6.42 Å². The molecule has 1 saturated heterocycles. The van der Waals surface area contributed by atoms with Gasteiger partial charge in [0.1, 0.15) is 17.6 Å². The van der Waals surface area contributed by atoms with Crippen molar-refractivity contribution in [1.29, 1.82) is 0 Å². The first-order valence-corrected chi connectivity index (χ1v) is 6.99. The third-order valence-electron chi connectivity index (χ3n) is 3.49. The van der Waals surface area contributed by atoms with Gasteiger partial charge in [0.05, 0.1) is 11.1 Å². The molecule has 0 bridgehead atoms. The molecule has 0 aromatic heterocycles. The Morgan fingerprint density at radius 1 is 1.50 bits per heavy atom. The van der Waals surface area contributed by atoms with Gasteiger partial charge in [0.2, 0.25) is 5.91 Å². The van der Waals surface area contributed by atoms with E-state index in [0.717, 1.165) is 6.07 Å². The second-order valence-electron chi connectivity index (χ2n) is 4.92. The number of nitrogens with zero attached hydrogens (tertiary/aromatic N) is 1. The zero-order valence-electron chi connectivity index (χ0n) is 11.9. The summed E-state index contributed by atoms with van der Waals surface area (Å²) < 4.78 is 23.4. The number of halogens is 2. The van der Waals surface area contributed by atoms with Crippen LogP contribution in [0.25, 0.3) is 0 Å². The van der Waals surface area contributed by atoms with Crippen molar-refractivity contribution in [3.05, 3.63) is 29.0 Å². The van der Waals surface area contributed by atoms with Crippen molar-refractivity contribution < 1.29 is 23.5 Å². The van der Waals surface area contributed by atoms with Crippen LogP contribution in [0.5, 0.6) is 5.75 Å². The second-order valence-corrected chi connectivity index (χ2v) is 5.33. The van der Waals surface area contributed by atoms with E-state index < -0.39 is 23.7 Å². The molecule has 2 rings (SSSR count). The lowest BCUT2D eigenvalue weighted by molar-refractivity contribution is -0.139. The van der Waals surface area contributed by atoms with E-state index in [4.69, 9.17) is 26.8 Å². The molecular formula is C14H16ClFN2O4.